The molecule has 1 aliphatic heterocycles. The SMILES string of the molecule is O=C(NCC1NC2CCCCC2C(=O)N1c1ccc(F)cc1)Nc1ccc(Cl)c([N+](=O)[O-])c1. The smallest absolute Gasteiger partial charge is 0.319 e. The van der Waals surface area contributed by atoms with Gasteiger partial charge in [-0.25, -0.2) is 9.18 Å². The molecule has 9 nitrogen and oxygen atoms in total. The Morgan fingerprint density at radius 3 is 2.67 bits per heavy atom. The molecular formula is C22H23ClFN5O4. The van der Waals surface area contributed by atoms with Crippen molar-refractivity contribution in [3.8, 4) is 0 Å². The number of hydrogen-bond acceptors (Lipinski definition) is 5. The normalized spacial score (nSPS) is 22.4. The summed E-state index contributed by atoms with van der Waals surface area (Å²) in [4.78, 5) is 37.8. The highest BCUT2D eigenvalue weighted by Gasteiger charge is 2.43. The van der Waals surface area contributed by atoms with Crippen molar-refractivity contribution in [1.29, 1.82) is 0 Å². The van der Waals surface area contributed by atoms with Gasteiger partial charge < -0.3 is 10.6 Å². The van der Waals surface area contributed by atoms with Gasteiger partial charge in [-0.05, 0) is 49.2 Å². The van der Waals surface area contributed by atoms with E-state index >= 15 is 0 Å². The van der Waals surface area contributed by atoms with Gasteiger partial charge in [-0.15, -0.1) is 0 Å². The van der Waals surface area contributed by atoms with Gasteiger partial charge in [0.2, 0.25) is 5.91 Å². The molecule has 1 saturated carbocycles. The second-order valence-corrected chi connectivity index (χ2v) is 8.53. The van der Waals surface area contributed by atoms with Gasteiger partial charge in [0.1, 0.15) is 17.0 Å². The van der Waals surface area contributed by atoms with Gasteiger partial charge in [0, 0.05) is 23.5 Å². The van der Waals surface area contributed by atoms with E-state index in [-0.39, 0.29) is 40.8 Å². The highest BCUT2D eigenvalue weighted by molar-refractivity contribution is 6.32. The summed E-state index contributed by atoms with van der Waals surface area (Å²) in [6, 6.07) is 9.03. The number of fused-ring (bicyclic) bond motifs is 1. The van der Waals surface area contributed by atoms with Crippen molar-refractivity contribution >= 4 is 40.6 Å². The van der Waals surface area contributed by atoms with Crippen LogP contribution in [-0.4, -0.2) is 35.6 Å². The molecule has 11 heteroatoms. The van der Waals surface area contributed by atoms with E-state index in [4.69, 9.17) is 11.6 Å². The first-order chi connectivity index (χ1) is 15.8. The van der Waals surface area contributed by atoms with Crippen LogP contribution in [0.25, 0.3) is 0 Å². The second kappa shape index (κ2) is 9.72. The topological polar surface area (TPSA) is 117 Å². The molecule has 2 aromatic carbocycles. The van der Waals surface area contributed by atoms with E-state index in [2.05, 4.69) is 16.0 Å². The van der Waals surface area contributed by atoms with Crippen molar-refractivity contribution in [2.45, 2.75) is 37.9 Å². The summed E-state index contributed by atoms with van der Waals surface area (Å²) in [6.45, 7) is 0.0772. The number of nitro benzene ring substituents is 1. The number of halogens is 2. The minimum atomic E-state index is -0.635. The van der Waals surface area contributed by atoms with Crippen molar-refractivity contribution in [3.05, 3.63) is 63.4 Å². The van der Waals surface area contributed by atoms with Gasteiger partial charge in [-0.2, -0.15) is 0 Å². The van der Waals surface area contributed by atoms with Crippen LogP contribution in [0.5, 0.6) is 0 Å². The average Bonchev–Trinajstić information content (AvgIpc) is 2.80. The van der Waals surface area contributed by atoms with Crippen LogP contribution >= 0.6 is 11.6 Å². The number of nitrogens with zero attached hydrogens (tertiary/aromatic N) is 2. The zero-order valence-corrected chi connectivity index (χ0v) is 18.3. The van der Waals surface area contributed by atoms with Crippen LogP contribution in [-0.2, 0) is 4.79 Å². The lowest BCUT2D eigenvalue weighted by molar-refractivity contribution is -0.384. The summed E-state index contributed by atoms with van der Waals surface area (Å²) in [5.41, 5.74) is 0.428. The molecule has 0 aromatic heterocycles. The number of hydrogen-bond donors (Lipinski definition) is 3. The van der Waals surface area contributed by atoms with E-state index in [9.17, 15) is 24.1 Å². The van der Waals surface area contributed by atoms with E-state index in [1.807, 2.05) is 0 Å². The molecule has 3 N–H and O–H groups in total. The van der Waals surface area contributed by atoms with Gasteiger partial charge in [0.05, 0.1) is 17.4 Å². The Hall–Kier alpha value is -3.24. The largest absolute Gasteiger partial charge is 0.334 e. The highest BCUT2D eigenvalue weighted by atomic mass is 35.5. The lowest BCUT2D eigenvalue weighted by atomic mass is 9.81. The number of carbonyl (C=O) groups is 2. The van der Waals surface area contributed by atoms with E-state index in [0.29, 0.717) is 5.69 Å². The Morgan fingerprint density at radius 1 is 1.21 bits per heavy atom. The number of rotatable bonds is 5. The van der Waals surface area contributed by atoms with Crippen molar-refractivity contribution in [3.63, 3.8) is 0 Å². The first kappa shape index (κ1) is 22.9. The Bertz CT molecular complexity index is 1070. The number of benzene rings is 2. The number of anilines is 2. The van der Waals surface area contributed by atoms with Crippen molar-refractivity contribution in [1.82, 2.24) is 10.6 Å². The standard InChI is InChI=1S/C22H23ClFN5O4/c23-17-10-7-14(11-19(17)29(32)33)26-22(31)25-12-20-27-18-4-2-1-3-16(18)21(30)28(20)15-8-5-13(24)6-9-15/h5-11,16,18,20,27H,1-4,12H2,(H2,25,26,31). The van der Waals surface area contributed by atoms with Gasteiger partial charge >= 0.3 is 6.03 Å². The van der Waals surface area contributed by atoms with Crippen LogP contribution in [0, 0.1) is 21.8 Å². The third kappa shape index (κ3) is 5.07. The molecule has 33 heavy (non-hydrogen) atoms. The first-order valence-corrected chi connectivity index (χ1v) is 11.0. The first-order valence-electron chi connectivity index (χ1n) is 10.7. The van der Waals surface area contributed by atoms with Gasteiger partial charge in [-0.3, -0.25) is 25.1 Å². The van der Waals surface area contributed by atoms with Crippen molar-refractivity contribution in [2.75, 3.05) is 16.8 Å². The van der Waals surface area contributed by atoms with Gasteiger partial charge in [0.15, 0.2) is 0 Å². The lowest BCUT2D eigenvalue weighted by Crippen LogP contribution is -2.66. The number of urea groups is 1. The van der Waals surface area contributed by atoms with Crippen LogP contribution in [0.1, 0.15) is 25.7 Å². The highest BCUT2D eigenvalue weighted by Crippen LogP contribution is 2.33. The molecule has 174 valence electrons. The van der Waals surface area contributed by atoms with Crippen LogP contribution in [0.2, 0.25) is 5.02 Å². The quantitative estimate of drug-likeness (QED) is 0.446. The molecule has 3 unspecified atom stereocenters. The van der Waals surface area contributed by atoms with Gasteiger partial charge in [-0.1, -0.05) is 24.4 Å². The molecule has 2 aliphatic rings. The zero-order chi connectivity index (χ0) is 23.5. The maximum absolute atomic E-state index is 13.4. The molecule has 4 rings (SSSR count). The fraction of sp³-hybridized carbons (Fsp3) is 0.364. The summed E-state index contributed by atoms with van der Waals surface area (Å²) in [6.07, 6.45) is 3.11. The molecule has 2 aromatic rings. The molecule has 1 saturated heterocycles. The number of amides is 3. The number of nitrogens with one attached hydrogen (secondary N) is 3. The molecule has 1 heterocycles. The predicted octanol–water partition coefficient (Wildman–Crippen LogP) is 4.03. The second-order valence-electron chi connectivity index (χ2n) is 8.12. The maximum Gasteiger partial charge on any atom is 0.319 e. The summed E-state index contributed by atoms with van der Waals surface area (Å²) >= 11 is 5.80. The number of nitro groups is 1. The summed E-state index contributed by atoms with van der Waals surface area (Å²) in [5.74, 6) is -0.619. The van der Waals surface area contributed by atoms with Crippen LogP contribution in [0.4, 0.5) is 26.2 Å². The summed E-state index contributed by atoms with van der Waals surface area (Å²) in [5, 5.41) is 19.7. The fourth-order valence-electron chi connectivity index (χ4n) is 4.43. The minimum absolute atomic E-state index is 0.0109. The fourth-order valence-corrected chi connectivity index (χ4v) is 4.62. The third-order valence-corrected chi connectivity index (χ3v) is 6.32. The Morgan fingerprint density at radius 2 is 1.94 bits per heavy atom. The van der Waals surface area contributed by atoms with E-state index < -0.39 is 22.9 Å². The Kier molecular flexibility index (Phi) is 6.75. The predicted molar refractivity (Wildman–Crippen MR) is 122 cm³/mol. The molecule has 3 amide bonds. The minimum Gasteiger partial charge on any atom is -0.334 e. The molecule has 0 radical (unpaired) electrons. The zero-order valence-electron chi connectivity index (χ0n) is 17.6. The van der Waals surface area contributed by atoms with Crippen LogP contribution in [0.3, 0.4) is 0 Å². The number of carbonyl (C=O) groups excluding carboxylic acids is 2. The van der Waals surface area contributed by atoms with Gasteiger partial charge in [0.25, 0.3) is 5.69 Å². The molecule has 1 aliphatic carbocycles. The Balaban J connectivity index is 1.48. The lowest BCUT2D eigenvalue weighted by Gasteiger charge is -2.46. The van der Waals surface area contributed by atoms with E-state index in [0.717, 1.165) is 25.7 Å². The van der Waals surface area contributed by atoms with Crippen LogP contribution < -0.4 is 20.9 Å². The summed E-state index contributed by atoms with van der Waals surface area (Å²) < 4.78 is 13.4. The molecular weight excluding hydrogens is 453 g/mol. The maximum atomic E-state index is 13.4. The van der Waals surface area contributed by atoms with E-state index in [1.165, 1.54) is 42.5 Å². The molecule has 0 spiro atoms. The third-order valence-electron chi connectivity index (χ3n) is 6.00. The van der Waals surface area contributed by atoms with Crippen molar-refractivity contribution in [2.24, 2.45) is 5.92 Å². The Labute approximate surface area is 194 Å². The molecule has 3 atom stereocenters. The molecule has 2 fully saturated rings. The monoisotopic (exact) mass is 475 g/mol. The van der Waals surface area contributed by atoms with Crippen LogP contribution in [0.15, 0.2) is 42.5 Å². The molecule has 0 bridgehead atoms. The summed E-state index contributed by atoms with van der Waals surface area (Å²) in [7, 11) is 0. The van der Waals surface area contributed by atoms with E-state index in [1.54, 1.807) is 4.90 Å². The van der Waals surface area contributed by atoms with Crippen molar-refractivity contribution < 1.29 is 18.9 Å². The average molecular weight is 476 g/mol.